The molecule has 2 heterocycles. The van der Waals surface area contributed by atoms with Gasteiger partial charge in [-0.15, -0.1) is 0 Å². The number of carbonyl (C=O) groups excluding carboxylic acids is 2. The summed E-state index contributed by atoms with van der Waals surface area (Å²) in [6.45, 7) is 4.21. The maximum Gasteiger partial charge on any atom is 0.230 e. The molecule has 142 valence electrons. The lowest BCUT2D eigenvalue weighted by molar-refractivity contribution is -0.151. The third kappa shape index (κ3) is 4.34. The summed E-state index contributed by atoms with van der Waals surface area (Å²) >= 11 is 0. The fourth-order valence-corrected chi connectivity index (χ4v) is 4.53. The smallest absolute Gasteiger partial charge is 0.230 e. The minimum absolute atomic E-state index is 0.165. The lowest BCUT2D eigenvalue weighted by Crippen LogP contribution is -2.57. The minimum atomic E-state index is -0.452. The van der Waals surface area contributed by atoms with Gasteiger partial charge in [0, 0.05) is 52.4 Å². The van der Waals surface area contributed by atoms with Gasteiger partial charge in [-0.1, -0.05) is 19.3 Å². The van der Waals surface area contributed by atoms with Crippen molar-refractivity contribution in [3.8, 4) is 0 Å². The molecule has 2 N–H and O–H groups in total. The van der Waals surface area contributed by atoms with Crippen molar-refractivity contribution in [3.05, 3.63) is 0 Å². The van der Waals surface area contributed by atoms with Crippen molar-refractivity contribution in [3.63, 3.8) is 0 Å². The van der Waals surface area contributed by atoms with Crippen LogP contribution in [0.1, 0.15) is 51.4 Å². The molecule has 0 aromatic carbocycles. The van der Waals surface area contributed by atoms with Gasteiger partial charge in [-0.3, -0.25) is 9.59 Å². The van der Waals surface area contributed by atoms with Gasteiger partial charge in [0.15, 0.2) is 0 Å². The van der Waals surface area contributed by atoms with Crippen LogP contribution in [0.15, 0.2) is 0 Å². The first kappa shape index (κ1) is 18.6. The molecule has 2 saturated heterocycles. The van der Waals surface area contributed by atoms with E-state index in [1.807, 2.05) is 9.80 Å². The number of piperazine rings is 1. The molecule has 0 radical (unpaired) electrons. The summed E-state index contributed by atoms with van der Waals surface area (Å²) in [4.78, 5) is 29.4. The van der Waals surface area contributed by atoms with Crippen LogP contribution in [0.5, 0.6) is 0 Å². The van der Waals surface area contributed by atoms with E-state index in [-0.39, 0.29) is 11.8 Å². The van der Waals surface area contributed by atoms with Crippen molar-refractivity contribution in [1.29, 1.82) is 0 Å². The topological polar surface area (TPSA) is 75.9 Å². The van der Waals surface area contributed by atoms with Crippen molar-refractivity contribution in [2.45, 2.75) is 51.4 Å². The van der Waals surface area contributed by atoms with Crippen molar-refractivity contribution >= 4 is 11.8 Å². The lowest BCUT2D eigenvalue weighted by atomic mass is 9.78. The number of hydrogen-bond acceptors (Lipinski definition) is 4. The number of nitrogens with two attached hydrogens (primary N) is 1. The molecule has 2 amide bonds. The fourth-order valence-electron chi connectivity index (χ4n) is 4.53. The van der Waals surface area contributed by atoms with Gasteiger partial charge in [-0.05, 0) is 31.6 Å². The summed E-state index contributed by atoms with van der Waals surface area (Å²) < 4.78 is 5.41. The average molecular weight is 351 g/mol. The zero-order valence-corrected chi connectivity index (χ0v) is 15.4. The summed E-state index contributed by atoms with van der Waals surface area (Å²) in [5.74, 6) is 1.01. The molecule has 25 heavy (non-hydrogen) atoms. The maximum absolute atomic E-state index is 13.0. The van der Waals surface area contributed by atoms with Gasteiger partial charge in [-0.2, -0.15) is 0 Å². The van der Waals surface area contributed by atoms with Crippen LogP contribution in [0.2, 0.25) is 0 Å². The summed E-state index contributed by atoms with van der Waals surface area (Å²) in [6.07, 6.45) is 8.37. The Morgan fingerprint density at radius 2 is 1.56 bits per heavy atom. The molecule has 0 aromatic heterocycles. The van der Waals surface area contributed by atoms with Crippen LogP contribution in [0.4, 0.5) is 0 Å². The third-order valence-electron chi connectivity index (χ3n) is 6.40. The van der Waals surface area contributed by atoms with E-state index in [1.165, 1.54) is 32.1 Å². The number of carbonyl (C=O) groups is 2. The van der Waals surface area contributed by atoms with Gasteiger partial charge in [0.2, 0.25) is 11.8 Å². The second-order valence-corrected chi connectivity index (χ2v) is 7.98. The van der Waals surface area contributed by atoms with Gasteiger partial charge < -0.3 is 20.3 Å². The maximum atomic E-state index is 13.0. The first-order chi connectivity index (χ1) is 12.1. The Morgan fingerprint density at radius 1 is 0.960 bits per heavy atom. The SMILES string of the molecule is NCC1(C(=O)N2CCN(C(=O)CC3CCCCC3)CC2)CCOCC1. The second kappa shape index (κ2) is 8.49. The Kier molecular flexibility index (Phi) is 6.34. The van der Waals surface area contributed by atoms with Gasteiger partial charge in [0.05, 0.1) is 5.41 Å². The highest BCUT2D eigenvalue weighted by atomic mass is 16.5. The lowest BCUT2D eigenvalue weighted by Gasteiger charge is -2.42. The van der Waals surface area contributed by atoms with Crippen LogP contribution in [0.3, 0.4) is 0 Å². The first-order valence-corrected chi connectivity index (χ1v) is 9.99. The summed E-state index contributed by atoms with van der Waals surface area (Å²) in [7, 11) is 0. The molecule has 1 aliphatic carbocycles. The average Bonchev–Trinajstić information content (AvgIpc) is 2.69. The highest BCUT2D eigenvalue weighted by Crippen LogP contribution is 2.32. The van der Waals surface area contributed by atoms with E-state index >= 15 is 0 Å². The minimum Gasteiger partial charge on any atom is -0.381 e. The molecule has 1 saturated carbocycles. The normalized spacial score (nSPS) is 25.0. The Balaban J connectivity index is 1.49. The molecule has 3 aliphatic rings. The molecule has 3 rings (SSSR count). The summed E-state index contributed by atoms with van der Waals surface area (Å²) in [5, 5.41) is 0. The van der Waals surface area contributed by atoms with Gasteiger partial charge in [-0.25, -0.2) is 0 Å². The van der Waals surface area contributed by atoms with Crippen molar-refractivity contribution in [2.24, 2.45) is 17.1 Å². The van der Waals surface area contributed by atoms with Crippen molar-refractivity contribution in [2.75, 3.05) is 45.9 Å². The number of rotatable bonds is 4. The van der Waals surface area contributed by atoms with Crippen LogP contribution in [-0.4, -0.2) is 67.6 Å². The molecule has 3 fully saturated rings. The molecule has 6 nitrogen and oxygen atoms in total. The van der Waals surface area contributed by atoms with E-state index in [0.29, 0.717) is 71.1 Å². The van der Waals surface area contributed by atoms with E-state index in [1.54, 1.807) is 0 Å². The number of nitrogens with zero attached hydrogens (tertiary/aromatic N) is 2. The van der Waals surface area contributed by atoms with Gasteiger partial charge in [0.1, 0.15) is 0 Å². The van der Waals surface area contributed by atoms with E-state index in [2.05, 4.69) is 0 Å². The first-order valence-electron chi connectivity index (χ1n) is 9.99. The molecule has 6 heteroatoms. The van der Waals surface area contributed by atoms with Gasteiger partial charge >= 0.3 is 0 Å². The van der Waals surface area contributed by atoms with E-state index in [4.69, 9.17) is 10.5 Å². The van der Waals surface area contributed by atoms with Crippen molar-refractivity contribution in [1.82, 2.24) is 9.80 Å². The number of ether oxygens (including phenoxy) is 1. The molecule has 0 unspecified atom stereocenters. The fraction of sp³-hybridized carbons (Fsp3) is 0.895. The Morgan fingerprint density at radius 3 is 2.16 bits per heavy atom. The molecular formula is C19H33N3O3. The standard InChI is InChI=1S/C19H33N3O3/c20-15-19(6-12-25-13-7-19)18(24)22-10-8-21(9-11-22)17(23)14-16-4-2-1-3-5-16/h16H,1-15,20H2. The van der Waals surface area contributed by atoms with E-state index < -0.39 is 5.41 Å². The van der Waals surface area contributed by atoms with E-state index in [0.717, 1.165) is 0 Å². The quantitative estimate of drug-likeness (QED) is 0.830. The highest BCUT2D eigenvalue weighted by molar-refractivity contribution is 5.84. The largest absolute Gasteiger partial charge is 0.381 e. The third-order valence-corrected chi connectivity index (χ3v) is 6.40. The Hall–Kier alpha value is -1.14. The van der Waals surface area contributed by atoms with Gasteiger partial charge in [0.25, 0.3) is 0 Å². The summed E-state index contributed by atoms with van der Waals surface area (Å²) in [6, 6.07) is 0. The molecule has 2 aliphatic heterocycles. The second-order valence-electron chi connectivity index (χ2n) is 7.98. The van der Waals surface area contributed by atoms with Crippen LogP contribution < -0.4 is 5.73 Å². The monoisotopic (exact) mass is 351 g/mol. The molecule has 0 aromatic rings. The zero-order chi connectivity index (χ0) is 17.7. The number of hydrogen-bond donors (Lipinski definition) is 1. The predicted octanol–water partition coefficient (Wildman–Crippen LogP) is 1.38. The Labute approximate surface area is 151 Å². The van der Waals surface area contributed by atoms with E-state index in [9.17, 15) is 9.59 Å². The predicted molar refractivity (Wildman–Crippen MR) is 95.9 cm³/mol. The van der Waals surface area contributed by atoms with Crippen LogP contribution >= 0.6 is 0 Å². The van der Waals surface area contributed by atoms with Crippen molar-refractivity contribution < 1.29 is 14.3 Å². The van der Waals surface area contributed by atoms with Crippen LogP contribution in [-0.2, 0) is 14.3 Å². The van der Waals surface area contributed by atoms with Crippen LogP contribution in [0, 0.1) is 11.3 Å². The summed E-state index contributed by atoms with van der Waals surface area (Å²) in [5.41, 5.74) is 5.51. The Bertz CT molecular complexity index is 463. The number of amides is 2. The molecule has 0 bridgehead atoms. The highest BCUT2D eigenvalue weighted by Gasteiger charge is 2.42. The molecule has 0 spiro atoms. The molecule has 0 atom stereocenters. The van der Waals surface area contributed by atoms with Crippen LogP contribution in [0.25, 0.3) is 0 Å². The zero-order valence-electron chi connectivity index (χ0n) is 15.4. The molecular weight excluding hydrogens is 318 g/mol.